The van der Waals surface area contributed by atoms with Crippen LogP contribution in [0.15, 0.2) is 53.3 Å². The van der Waals surface area contributed by atoms with Gasteiger partial charge in [0.2, 0.25) is 5.91 Å². The van der Waals surface area contributed by atoms with Gasteiger partial charge in [0.05, 0.1) is 22.6 Å². The predicted molar refractivity (Wildman–Crippen MR) is 140 cm³/mol. The Morgan fingerprint density at radius 3 is 2.32 bits per heavy atom. The van der Waals surface area contributed by atoms with Gasteiger partial charge in [0, 0.05) is 12.5 Å². The number of aromatic nitrogens is 2. The maximum absolute atomic E-state index is 13.7. The summed E-state index contributed by atoms with van der Waals surface area (Å²) in [6.07, 6.45) is 5.62. The molecular weight excluding hydrogens is 422 g/mol. The molecule has 0 spiro atoms. The molecule has 3 aromatic rings. The van der Waals surface area contributed by atoms with Crippen LogP contribution in [0.3, 0.4) is 0 Å². The van der Waals surface area contributed by atoms with E-state index in [4.69, 9.17) is 4.98 Å². The number of fused-ring (bicyclic) bond motifs is 1. The Bertz CT molecular complexity index is 1150. The lowest BCUT2D eigenvalue weighted by atomic mass is 9.96. The standard InChI is InChI=1S/C29H39N3O2/c1-6-10-13-23(9-4)28(33)31(20-7-2)21(5)27-30-26-15-12-11-14-25(26)29(34)32(27)24-18-16-22(8-3)17-19-24/h11-12,14-19,21,23H,6-10,13,20H2,1-5H3. The molecule has 0 saturated carbocycles. The van der Waals surface area contributed by atoms with Gasteiger partial charge in [0.1, 0.15) is 5.82 Å². The zero-order valence-electron chi connectivity index (χ0n) is 21.4. The largest absolute Gasteiger partial charge is 0.333 e. The number of unbranched alkanes of at least 4 members (excludes halogenated alkanes) is 1. The zero-order valence-corrected chi connectivity index (χ0v) is 21.4. The van der Waals surface area contributed by atoms with Gasteiger partial charge in [-0.25, -0.2) is 4.98 Å². The molecule has 3 rings (SSSR count). The van der Waals surface area contributed by atoms with Gasteiger partial charge < -0.3 is 4.90 Å². The number of rotatable bonds is 11. The average Bonchev–Trinajstić information content (AvgIpc) is 2.87. The van der Waals surface area contributed by atoms with E-state index in [1.165, 1.54) is 5.56 Å². The Morgan fingerprint density at radius 1 is 1.00 bits per heavy atom. The van der Waals surface area contributed by atoms with Crippen LogP contribution in [0, 0.1) is 5.92 Å². The smallest absolute Gasteiger partial charge is 0.266 e. The number of para-hydroxylation sites is 1. The van der Waals surface area contributed by atoms with Crippen LogP contribution in [0.2, 0.25) is 0 Å². The number of aryl methyl sites for hydroxylation is 1. The van der Waals surface area contributed by atoms with Gasteiger partial charge in [0.15, 0.2) is 0 Å². The Balaban J connectivity index is 2.16. The third-order valence-corrected chi connectivity index (χ3v) is 6.74. The van der Waals surface area contributed by atoms with Crippen molar-refractivity contribution in [3.8, 4) is 5.69 Å². The first-order valence-corrected chi connectivity index (χ1v) is 12.9. The lowest BCUT2D eigenvalue weighted by molar-refractivity contribution is -0.138. The molecule has 5 heteroatoms. The highest BCUT2D eigenvalue weighted by Crippen LogP contribution is 2.27. The normalized spacial score (nSPS) is 13.1. The van der Waals surface area contributed by atoms with Crippen molar-refractivity contribution >= 4 is 16.8 Å². The van der Waals surface area contributed by atoms with Crippen LogP contribution in [0.5, 0.6) is 0 Å². The van der Waals surface area contributed by atoms with Crippen molar-refractivity contribution in [2.24, 2.45) is 5.92 Å². The Labute approximate surface area is 203 Å². The first-order chi connectivity index (χ1) is 16.5. The van der Waals surface area contributed by atoms with Crippen LogP contribution >= 0.6 is 0 Å². The highest BCUT2D eigenvalue weighted by atomic mass is 16.2. The Kier molecular flexibility index (Phi) is 9.03. The SMILES string of the molecule is CCCCC(CC)C(=O)N(CCC)C(C)c1nc2ccccc2c(=O)n1-c1ccc(CC)cc1. The molecule has 0 aliphatic heterocycles. The number of amides is 1. The minimum Gasteiger partial charge on any atom is -0.333 e. The fourth-order valence-corrected chi connectivity index (χ4v) is 4.62. The van der Waals surface area contributed by atoms with Gasteiger partial charge in [0.25, 0.3) is 5.56 Å². The van der Waals surface area contributed by atoms with Gasteiger partial charge in [-0.05, 0) is 62.4 Å². The third kappa shape index (κ3) is 5.40. The van der Waals surface area contributed by atoms with Crippen molar-refractivity contribution in [3.63, 3.8) is 0 Å². The molecule has 2 unspecified atom stereocenters. The van der Waals surface area contributed by atoms with Crippen LogP contribution in [0.1, 0.15) is 84.2 Å². The van der Waals surface area contributed by atoms with E-state index in [1.807, 2.05) is 48.2 Å². The molecule has 1 amide bonds. The summed E-state index contributed by atoms with van der Waals surface area (Å²) in [6, 6.07) is 15.2. The van der Waals surface area contributed by atoms with Crippen molar-refractivity contribution in [3.05, 3.63) is 70.3 Å². The van der Waals surface area contributed by atoms with Crippen LogP contribution in [0.4, 0.5) is 0 Å². The molecule has 182 valence electrons. The van der Waals surface area contributed by atoms with Gasteiger partial charge in [-0.3, -0.25) is 14.2 Å². The number of hydrogen-bond donors (Lipinski definition) is 0. The molecule has 0 fully saturated rings. The highest BCUT2D eigenvalue weighted by Gasteiger charge is 2.30. The molecule has 0 N–H and O–H groups in total. The quantitative estimate of drug-likeness (QED) is 0.329. The van der Waals surface area contributed by atoms with Crippen LogP contribution in [-0.4, -0.2) is 26.9 Å². The van der Waals surface area contributed by atoms with Gasteiger partial charge in [-0.15, -0.1) is 0 Å². The maximum Gasteiger partial charge on any atom is 0.266 e. The number of carbonyl (C=O) groups excluding carboxylic acids is 1. The Morgan fingerprint density at radius 2 is 1.71 bits per heavy atom. The maximum atomic E-state index is 13.7. The molecule has 0 bridgehead atoms. The van der Waals surface area contributed by atoms with Crippen molar-refractivity contribution in [2.45, 2.75) is 79.2 Å². The highest BCUT2D eigenvalue weighted by molar-refractivity contribution is 5.80. The minimum atomic E-state index is -0.328. The van der Waals surface area contributed by atoms with Crippen LogP contribution in [-0.2, 0) is 11.2 Å². The molecule has 0 saturated heterocycles. The van der Waals surface area contributed by atoms with E-state index in [2.05, 4.69) is 39.8 Å². The molecule has 0 radical (unpaired) electrons. The van der Waals surface area contributed by atoms with Crippen LogP contribution < -0.4 is 5.56 Å². The fraction of sp³-hybridized carbons (Fsp3) is 0.483. The molecular formula is C29H39N3O2. The predicted octanol–water partition coefficient (Wildman–Crippen LogP) is 6.46. The summed E-state index contributed by atoms with van der Waals surface area (Å²) < 4.78 is 1.70. The zero-order chi connectivity index (χ0) is 24.7. The molecule has 0 aliphatic rings. The summed E-state index contributed by atoms with van der Waals surface area (Å²) in [7, 11) is 0. The average molecular weight is 462 g/mol. The third-order valence-electron chi connectivity index (χ3n) is 6.74. The molecule has 2 atom stereocenters. The molecule has 34 heavy (non-hydrogen) atoms. The number of benzene rings is 2. The van der Waals surface area contributed by atoms with Crippen molar-refractivity contribution in [2.75, 3.05) is 6.54 Å². The monoisotopic (exact) mass is 461 g/mol. The summed E-state index contributed by atoms with van der Waals surface area (Å²) in [5, 5.41) is 0.584. The van der Waals surface area contributed by atoms with Crippen LogP contribution in [0.25, 0.3) is 16.6 Å². The second-order valence-electron chi connectivity index (χ2n) is 9.10. The van der Waals surface area contributed by atoms with E-state index in [0.29, 0.717) is 23.3 Å². The fourth-order valence-electron chi connectivity index (χ4n) is 4.62. The second kappa shape index (κ2) is 12.0. The summed E-state index contributed by atoms with van der Waals surface area (Å²) in [4.78, 5) is 34.3. The molecule has 1 aromatic heterocycles. The van der Waals surface area contributed by atoms with Crippen molar-refractivity contribution < 1.29 is 4.79 Å². The topological polar surface area (TPSA) is 55.2 Å². The van der Waals surface area contributed by atoms with Gasteiger partial charge >= 0.3 is 0 Å². The van der Waals surface area contributed by atoms with E-state index < -0.39 is 0 Å². The van der Waals surface area contributed by atoms with Gasteiger partial charge in [-0.2, -0.15) is 0 Å². The lowest BCUT2D eigenvalue weighted by Gasteiger charge is -2.33. The number of carbonyl (C=O) groups is 1. The molecule has 5 nitrogen and oxygen atoms in total. The van der Waals surface area contributed by atoms with Crippen molar-refractivity contribution in [1.29, 1.82) is 0 Å². The first kappa shape index (κ1) is 25.7. The second-order valence-corrected chi connectivity index (χ2v) is 9.10. The van der Waals surface area contributed by atoms with E-state index in [0.717, 1.165) is 44.2 Å². The van der Waals surface area contributed by atoms with E-state index in [-0.39, 0.29) is 23.4 Å². The lowest BCUT2D eigenvalue weighted by Crippen LogP contribution is -2.41. The molecule has 2 aromatic carbocycles. The summed E-state index contributed by atoms with van der Waals surface area (Å²) in [5.74, 6) is 0.777. The van der Waals surface area contributed by atoms with E-state index in [9.17, 15) is 9.59 Å². The summed E-state index contributed by atoms with van der Waals surface area (Å²) in [6.45, 7) is 11.1. The molecule has 1 heterocycles. The van der Waals surface area contributed by atoms with E-state index >= 15 is 0 Å². The summed E-state index contributed by atoms with van der Waals surface area (Å²) in [5.41, 5.74) is 2.56. The number of hydrogen-bond acceptors (Lipinski definition) is 3. The van der Waals surface area contributed by atoms with Gasteiger partial charge in [-0.1, -0.05) is 64.8 Å². The van der Waals surface area contributed by atoms with Crippen molar-refractivity contribution in [1.82, 2.24) is 14.5 Å². The van der Waals surface area contributed by atoms with E-state index in [1.54, 1.807) is 4.57 Å². The minimum absolute atomic E-state index is 0.00147. The molecule has 0 aliphatic carbocycles. The Hall–Kier alpha value is -2.95. The summed E-state index contributed by atoms with van der Waals surface area (Å²) >= 11 is 0. The first-order valence-electron chi connectivity index (χ1n) is 12.9. The number of nitrogens with zero attached hydrogens (tertiary/aromatic N) is 3.